The van der Waals surface area contributed by atoms with Crippen LogP contribution in [0.25, 0.3) is 10.8 Å². The summed E-state index contributed by atoms with van der Waals surface area (Å²) in [6, 6.07) is 15.8. The SMILES string of the molecule is NC(=O)Nc1ccc(Oc2ccnc(Nc3ccc(O)cc3O)n2)c2ccccc12. The first-order valence-corrected chi connectivity index (χ1v) is 8.88. The molecule has 0 atom stereocenters. The van der Waals surface area contributed by atoms with Gasteiger partial charge >= 0.3 is 6.03 Å². The molecule has 6 N–H and O–H groups in total. The van der Waals surface area contributed by atoms with Crippen molar-refractivity contribution in [1.29, 1.82) is 0 Å². The summed E-state index contributed by atoms with van der Waals surface area (Å²) in [6.07, 6.45) is 1.51. The number of carbonyl (C=O) groups excluding carboxylic acids is 1. The predicted octanol–water partition coefficient (Wildman–Crippen LogP) is 4.07. The molecule has 2 amide bonds. The number of nitrogens with two attached hydrogens (primary N) is 1. The van der Waals surface area contributed by atoms with Crippen molar-refractivity contribution in [2.24, 2.45) is 5.73 Å². The topological polar surface area (TPSA) is 143 Å². The Morgan fingerprint density at radius 1 is 0.967 bits per heavy atom. The second-order valence-electron chi connectivity index (χ2n) is 6.29. The molecule has 30 heavy (non-hydrogen) atoms. The molecule has 1 aromatic heterocycles. The zero-order chi connectivity index (χ0) is 21.1. The van der Waals surface area contributed by atoms with Crippen LogP contribution in [0.4, 0.5) is 22.1 Å². The van der Waals surface area contributed by atoms with Crippen LogP contribution in [-0.4, -0.2) is 26.2 Å². The van der Waals surface area contributed by atoms with E-state index in [0.29, 0.717) is 17.1 Å². The van der Waals surface area contributed by atoms with E-state index in [0.717, 1.165) is 10.8 Å². The van der Waals surface area contributed by atoms with Gasteiger partial charge in [0.05, 0.1) is 11.4 Å². The number of primary amides is 1. The Morgan fingerprint density at radius 3 is 2.50 bits per heavy atom. The van der Waals surface area contributed by atoms with Gasteiger partial charge in [0.2, 0.25) is 11.8 Å². The molecule has 4 aromatic rings. The van der Waals surface area contributed by atoms with Crippen molar-refractivity contribution < 1.29 is 19.7 Å². The van der Waals surface area contributed by atoms with E-state index in [1.54, 1.807) is 18.2 Å². The van der Waals surface area contributed by atoms with E-state index in [2.05, 4.69) is 20.6 Å². The van der Waals surface area contributed by atoms with Crippen LogP contribution in [-0.2, 0) is 0 Å². The number of rotatable bonds is 5. The van der Waals surface area contributed by atoms with Gasteiger partial charge in [0.25, 0.3) is 0 Å². The first kappa shape index (κ1) is 18.8. The average molecular weight is 403 g/mol. The molecule has 9 heteroatoms. The molecule has 0 saturated carbocycles. The molecule has 1 heterocycles. The predicted molar refractivity (Wildman–Crippen MR) is 112 cm³/mol. The molecule has 0 bridgehead atoms. The lowest BCUT2D eigenvalue weighted by Gasteiger charge is -2.13. The highest BCUT2D eigenvalue weighted by molar-refractivity contribution is 6.03. The summed E-state index contributed by atoms with van der Waals surface area (Å²) >= 11 is 0. The monoisotopic (exact) mass is 403 g/mol. The summed E-state index contributed by atoms with van der Waals surface area (Å²) in [5.41, 5.74) is 6.14. The molecule has 150 valence electrons. The molecule has 0 aliphatic carbocycles. The van der Waals surface area contributed by atoms with Crippen molar-refractivity contribution in [3.05, 3.63) is 66.9 Å². The van der Waals surface area contributed by atoms with Crippen LogP contribution in [0.5, 0.6) is 23.1 Å². The number of anilines is 3. The van der Waals surface area contributed by atoms with E-state index in [9.17, 15) is 15.0 Å². The number of ether oxygens (including phenoxy) is 1. The highest BCUT2D eigenvalue weighted by Gasteiger charge is 2.11. The molecule has 0 unspecified atom stereocenters. The number of nitrogens with zero attached hydrogens (tertiary/aromatic N) is 2. The number of aromatic hydroxyl groups is 2. The van der Waals surface area contributed by atoms with Gasteiger partial charge in [-0.3, -0.25) is 0 Å². The Hall–Kier alpha value is -4.53. The van der Waals surface area contributed by atoms with Crippen LogP contribution < -0.4 is 21.1 Å². The van der Waals surface area contributed by atoms with Gasteiger partial charge in [-0.15, -0.1) is 0 Å². The van der Waals surface area contributed by atoms with Crippen LogP contribution in [0, 0.1) is 0 Å². The largest absolute Gasteiger partial charge is 0.508 e. The third kappa shape index (κ3) is 3.99. The normalized spacial score (nSPS) is 10.5. The zero-order valence-corrected chi connectivity index (χ0v) is 15.5. The lowest BCUT2D eigenvalue weighted by atomic mass is 10.1. The first-order chi connectivity index (χ1) is 14.5. The standard InChI is InChI=1S/C21H17N5O4/c22-20(29)24-15-7-8-18(14-4-2-1-3-13(14)15)30-19-9-10-23-21(26-19)25-16-6-5-12(27)11-17(16)28/h1-11,27-28H,(H3,22,24,29)(H,23,25,26). The highest BCUT2D eigenvalue weighted by Crippen LogP contribution is 2.34. The van der Waals surface area contributed by atoms with Gasteiger partial charge < -0.3 is 31.3 Å². The number of fused-ring (bicyclic) bond motifs is 1. The molecule has 3 aromatic carbocycles. The quantitative estimate of drug-likeness (QED) is 0.250. The molecule has 0 saturated heterocycles. The van der Waals surface area contributed by atoms with E-state index in [4.69, 9.17) is 10.5 Å². The Kier molecular flexibility index (Phi) is 4.92. The maximum absolute atomic E-state index is 11.2. The van der Waals surface area contributed by atoms with Crippen LogP contribution in [0.15, 0.2) is 66.9 Å². The Bertz CT molecular complexity index is 1250. The minimum absolute atomic E-state index is 0.0581. The Balaban J connectivity index is 1.63. The zero-order valence-electron chi connectivity index (χ0n) is 15.5. The molecular weight excluding hydrogens is 386 g/mol. The van der Waals surface area contributed by atoms with E-state index >= 15 is 0 Å². The van der Waals surface area contributed by atoms with E-state index < -0.39 is 6.03 Å². The fraction of sp³-hybridized carbons (Fsp3) is 0. The van der Waals surface area contributed by atoms with Crippen molar-refractivity contribution in [3.63, 3.8) is 0 Å². The second kappa shape index (κ2) is 7.84. The minimum atomic E-state index is -0.655. The lowest BCUT2D eigenvalue weighted by Crippen LogP contribution is -2.19. The Labute approximate surface area is 170 Å². The molecule has 0 fully saturated rings. The van der Waals surface area contributed by atoms with Gasteiger partial charge in [-0.05, 0) is 24.3 Å². The smallest absolute Gasteiger partial charge is 0.316 e. The van der Waals surface area contributed by atoms with Crippen molar-refractivity contribution in [1.82, 2.24) is 9.97 Å². The van der Waals surface area contributed by atoms with Gasteiger partial charge in [0.15, 0.2) is 0 Å². The Morgan fingerprint density at radius 2 is 1.73 bits per heavy atom. The molecule has 0 aliphatic rings. The third-order valence-corrected chi connectivity index (χ3v) is 4.21. The summed E-state index contributed by atoms with van der Waals surface area (Å²) in [5.74, 6) is 0.791. The first-order valence-electron chi connectivity index (χ1n) is 8.88. The van der Waals surface area contributed by atoms with Crippen molar-refractivity contribution in [2.75, 3.05) is 10.6 Å². The summed E-state index contributed by atoms with van der Waals surface area (Å²) in [7, 11) is 0. The van der Waals surface area contributed by atoms with Crippen LogP contribution in [0.3, 0.4) is 0 Å². The fourth-order valence-corrected chi connectivity index (χ4v) is 2.92. The van der Waals surface area contributed by atoms with Gasteiger partial charge in [0, 0.05) is 29.1 Å². The number of phenols is 2. The maximum Gasteiger partial charge on any atom is 0.316 e. The number of urea groups is 1. The van der Waals surface area contributed by atoms with Crippen molar-refractivity contribution in [2.45, 2.75) is 0 Å². The van der Waals surface area contributed by atoms with Crippen molar-refractivity contribution in [3.8, 4) is 23.1 Å². The number of aromatic nitrogens is 2. The summed E-state index contributed by atoms with van der Waals surface area (Å²) in [4.78, 5) is 19.7. The second-order valence-corrected chi connectivity index (χ2v) is 6.29. The number of nitrogens with one attached hydrogen (secondary N) is 2. The van der Waals surface area contributed by atoms with Crippen LogP contribution in [0.1, 0.15) is 0 Å². The van der Waals surface area contributed by atoms with Gasteiger partial charge in [-0.25, -0.2) is 9.78 Å². The third-order valence-electron chi connectivity index (χ3n) is 4.21. The highest BCUT2D eigenvalue weighted by atomic mass is 16.5. The number of amides is 2. The number of hydrogen-bond donors (Lipinski definition) is 5. The average Bonchev–Trinajstić information content (AvgIpc) is 2.72. The summed E-state index contributed by atoms with van der Waals surface area (Å²) in [5, 5.41) is 26.3. The molecule has 0 spiro atoms. The van der Waals surface area contributed by atoms with E-state index in [1.165, 1.54) is 24.4 Å². The van der Waals surface area contributed by atoms with Crippen molar-refractivity contribution >= 4 is 34.1 Å². The van der Waals surface area contributed by atoms with Gasteiger partial charge in [-0.1, -0.05) is 24.3 Å². The lowest BCUT2D eigenvalue weighted by molar-refractivity contribution is 0.259. The number of phenolic OH excluding ortho intramolecular Hbond substituents is 2. The number of carbonyl (C=O) groups is 1. The molecule has 0 aliphatic heterocycles. The van der Waals surface area contributed by atoms with Crippen LogP contribution >= 0.6 is 0 Å². The molecule has 4 rings (SSSR count). The number of benzene rings is 3. The van der Waals surface area contributed by atoms with Crippen LogP contribution in [0.2, 0.25) is 0 Å². The van der Waals surface area contributed by atoms with Gasteiger partial charge in [-0.2, -0.15) is 4.98 Å². The number of hydrogen-bond acceptors (Lipinski definition) is 7. The van der Waals surface area contributed by atoms with E-state index in [1.807, 2.05) is 24.3 Å². The van der Waals surface area contributed by atoms with E-state index in [-0.39, 0.29) is 23.3 Å². The molecule has 0 radical (unpaired) electrons. The van der Waals surface area contributed by atoms with Gasteiger partial charge in [0.1, 0.15) is 17.2 Å². The maximum atomic E-state index is 11.2. The summed E-state index contributed by atoms with van der Waals surface area (Å²) in [6.45, 7) is 0. The minimum Gasteiger partial charge on any atom is -0.508 e. The fourth-order valence-electron chi connectivity index (χ4n) is 2.92. The molecule has 9 nitrogen and oxygen atoms in total. The molecular formula is C21H17N5O4. The summed E-state index contributed by atoms with van der Waals surface area (Å²) < 4.78 is 5.94.